The summed E-state index contributed by atoms with van der Waals surface area (Å²) in [7, 11) is 0. The molecule has 29 heavy (non-hydrogen) atoms. The van der Waals surface area contributed by atoms with Gasteiger partial charge >= 0.3 is 21.1 Å². The SMILES string of the molecule is Fc1c[c-]c(-c2ccccn2)c(F)c1.Fc1c[c-]c(-c2ccccn2)c(F)c1.[Pt+2]. The Morgan fingerprint density at radius 2 is 1.03 bits per heavy atom. The van der Waals surface area contributed by atoms with E-state index >= 15 is 0 Å². The molecule has 0 radical (unpaired) electrons. The second-order valence-electron chi connectivity index (χ2n) is 5.51. The van der Waals surface area contributed by atoms with E-state index in [2.05, 4.69) is 22.1 Å². The van der Waals surface area contributed by atoms with Gasteiger partial charge in [0.25, 0.3) is 0 Å². The number of hydrogen-bond acceptors (Lipinski definition) is 2. The van der Waals surface area contributed by atoms with Gasteiger partial charge in [-0.25, -0.2) is 0 Å². The van der Waals surface area contributed by atoms with Gasteiger partial charge in [0, 0.05) is 35.7 Å². The molecule has 0 unspecified atom stereocenters. The van der Waals surface area contributed by atoms with Crippen LogP contribution in [0.4, 0.5) is 17.6 Å². The van der Waals surface area contributed by atoms with Crippen molar-refractivity contribution in [1.29, 1.82) is 0 Å². The molecule has 0 atom stereocenters. The van der Waals surface area contributed by atoms with Gasteiger partial charge in [0.15, 0.2) is 0 Å². The molecule has 0 fully saturated rings. The van der Waals surface area contributed by atoms with Crippen LogP contribution in [0.5, 0.6) is 0 Å². The first-order valence-electron chi connectivity index (χ1n) is 8.11. The minimum absolute atomic E-state index is 0. The first-order chi connectivity index (χ1) is 13.5. The van der Waals surface area contributed by atoms with Gasteiger partial charge in [-0.1, -0.05) is 47.5 Å². The fraction of sp³-hybridized carbons (Fsp3) is 0. The maximum Gasteiger partial charge on any atom is 2.00 e. The topological polar surface area (TPSA) is 25.8 Å². The number of rotatable bonds is 2. The Bertz CT molecular complexity index is 974. The summed E-state index contributed by atoms with van der Waals surface area (Å²) in [5.74, 6) is -2.57. The Balaban J connectivity index is 0.000000200. The molecule has 0 aliphatic carbocycles. The summed E-state index contributed by atoms with van der Waals surface area (Å²) in [5.41, 5.74) is 1.27. The number of aromatic nitrogens is 2. The zero-order valence-corrected chi connectivity index (χ0v) is 16.9. The minimum Gasteiger partial charge on any atom is -0.305 e. The van der Waals surface area contributed by atoms with E-state index in [1.807, 2.05) is 0 Å². The molecule has 0 aliphatic rings. The fourth-order valence-electron chi connectivity index (χ4n) is 2.30. The van der Waals surface area contributed by atoms with Gasteiger partial charge in [0.2, 0.25) is 0 Å². The van der Waals surface area contributed by atoms with Gasteiger partial charge in [-0.3, -0.25) is 17.6 Å². The van der Waals surface area contributed by atoms with Crippen LogP contribution < -0.4 is 0 Å². The third kappa shape index (κ3) is 6.06. The summed E-state index contributed by atoms with van der Waals surface area (Å²) in [6, 6.07) is 19.1. The van der Waals surface area contributed by atoms with Crippen LogP contribution in [0.1, 0.15) is 0 Å². The molecule has 0 spiro atoms. The summed E-state index contributed by atoms with van der Waals surface area (Å²) in [5, 5.41) is 0. The smallest absolute Gasteiger partial charge is 0.305 e. The molecule has 0 N–H and O–H groups in total. The Kier molecular flexibility index (Phi) is 8.22. The summed E-state index contributed by atoms with van der Waals surface area (Å²) in [4.78, 5) is 7.89. The second-order valence-corrected chi connectivity index (χ2v) is 5.51. The maximum absolute atomic E-state index is 13.2. The van der Waals surface area contributed by atoms with Gasteiger partial charge < -0.3 is 9.97 Å². The van der Waals surface area contributed by atoms with Crippen LogP contribution >= 0.6 is 0 Å². The van der Waals surface area contributed by atoms with Gasteiger partial charge in [-0.2, -0.15) is 0 Å². The van der Waals surface area contributed by atoms with E-state index < -0.39 is 23.3 Å². The predicted octanol–water partition coefficient (Wildman–Crippen LogP) is 5.65. The average Bonchev–Trinajstić information content (AvgIpc) is 2.70. The number of halogens is 4. The molecule has 2 nitrogen and oxygen atoms in total. The van der Waals surface area contributed by atoms with Crippen LogP contribution in [0, 0.1) is 35.4 Å². The Morgan fingerprint density at radius 1 is 0.621 bits per heavy atom. The normalized spacial score (nSPS) is 9.79. The Hall–Kier alpha value is -2.85. The van der Waals surface area contributed by atoms with Crippen LogP contribution in [0.15, 0.2) is 73.1 Å². The summed E-state index contributed by atoms with van der Waals surface area (Å²) in [6.07, 6.45) is 3.10. The van der Waals surface area contributed by atoms with Crippen molar-refractivity contribution in [3.63, 3.8) is 0 Å². The molecule has 0 amide bonds. The molecule has 7 heteroatoms. The van der Waals surface area contributed by atoms with Crippen molar-refractivity contribution in [3.05, 3.63) is 108 Å². The van der Waals surface area contributed by atoms with Crippen LogP contribution in [0.3, 0.4) is 0 Å². The molecular formula is C22H12F4N2Pt. The third-order valence-corrected chi connectivity index (χ3v) is 3.56. The van der Waals surface area contributed by atoms with Crippen molar-refractivity contribution in [2.24, 2.45) is 0 Å². The van der Waals surface area contributed by atoms with Crippen LogP contribution in [-0.4, -0.2) is 9.97 Å². The maximum atomic E-state index is 13.2. The third-order valence-electron chi connectivity index (χ3n) is 3.56. The van der Waals surface area contributed by atoms with Gasteiger partial charge in [-0.15, -0.1) is 24.3 Å². The molecule has 2 heterocycles. The van der Waals surface area contributed by atoms with Gasteiger partial charge in [-0.05, 0) is 23.5 Å². The quantitative estimate of drug-likeness (QED) is 0.228. The predicted molar refractivity (Wildman–Crippen MR) is 96.8 cm³/mol. The van der Waals surface area contributed by atoms with E-state index in [-0.39, 0.29) is 32.2 Å². The molecule has 2 aromatic heterocycles. The molecule has 0 bridgehead atoms. The zero-order valence-electron chi connectivity index (χ0n) is 14.7. The summed E-state index contributed by atoms with van der Waals surface area (Å²) in [6.45, 7) is 0. The number of pyridine rings is 2. The molecule has 4 aromatic rings. The van der Waals surface area contributed by atoms with Crippen LogP contribution in [0.25, 0.3) is 22.5 Å². The van der Waals surface area contributed by atoms with E-state index in [0.717, 1.165) is 24.3 Å². The number of benzene rings is 2. The first kappa shape index (κ1) is 22.4. The molecule has 4 rings (SSSR count). The molecule has 2 aromatic carbocycles. The second kappa shape index (κ2) is 10.6. The standard InChI is InChI=1S/2C11H6F2N.Pt/c2*12-8-4-5-9(10(13)7-8)11-3-1-2-6-14-11;/h2*1-4,6-7H;/q2*-1;+2. The molecular weight excluding hydrogens is 563 g/mol. The van der Waals surface area contributed by atoms with Gasteiger partial charge in [0.1, 0.15) is 0 Å². The van der Waals surface area contributed by atoms with Crippen molar-refractivity contribution in [1.82, 2.24) is 9.97 Å². The van der Waals surface area contributed by atoms with Crippen LogP contribution in [-0.2, 0) is 21.1 Å². The van der Waals surface area contributed by atoms with Crippen molar-refractivity contribution < 1.29 is 38.6 Å². The van der Waals surface area contributed by atoms with E-state index in [1.54, 1.807) is 48.8 Å². The fourth-order valence-corrected chi connectivity index (χ4v) is 2.30. The van der Waals surface area contributed by atoms with Crippen LogP contribution in [0.2, 0.25) is 0 Å². The number of hydrogen-bond donors (Lipinski definition) is 0. The summed E-state index contributed by atoms with van der Waals surface area (Å²) >= 11 is 0. The molecule has 148 valence electrons. The largest absolute Gasteiger partial charge is 2.00 e. The molecule has 0 aliphatic heterocycles. The van der Waals surface area contributed by atoms with Gasteiger partial charge in [0.05, 0.1) is 0 Å². The zero-order chi connectivity index (χ0) is 19.9. The molecule has 0 saturated carbocycles. The summed E-state index contributed by atoms with van der Waals surface area (Å²) < 4.78 is 51.6. The number of nitrogens with zero attached hydrogens (tertiary/aromatic N) is 2. The van der Waals surface area contributed by atoms with E-state index in [4.69, 9.17) is 0 Å². The van der Waals surface area contributed by atoms with E-state index in [1.165, 1.54) is 0 Å². The van der Waals surface area contributed by atoms with E-state index in [0.29, 0.717) is 11.4 Å². The van der Waals surface area contributed by atoms with Crippen molar-refractivity contribution in [3.8, 4) is 22.5 Å². The monoisotopic (exact) mass is 575 g/mol. The van der Waals surface area contributed by atoms with E-state index in [9.17, 15) is 17.6 Å². The van der Waals surface area contributed by atoms with Crippen molar-refractivity contribution in [2.45, 2.75) is 0 Å². The Morgan fingerprint density at radius 3 is 1.34 bits per heavy atom. The first-order valence-corrected chi connectivity index (χ1v) is 8.11. The van der Waals surface area contributed by atoms with Crippen molar-refractivity contribution >= 4 is 0 Å². The average molecular weight is 575 g/mol. The molecule has 0 saturated heterocycles. The van der Waals surface area contributed by atoms with Crippen molar-refractivity contribution in [2.75, 3.05) is 0 Å². The Labute approximate surface area is 179 Å². The minimum atomic E-state index is -0.649.